The van der Waals surface area contributed by atoms with Gasteiger partial charge in [0.2, 0.25) is 11.8 Å². The van der Waals surface area contributed by atoms with Gasteiger partial charge in [-0.15, -0.1) is 0 Å². The number of methoxy groups -OCH3 is 1. The van der Waals surface area contributed by atoms with E-state index in [1.807, 2.05) is 42.5 Å². The topological polar surface area (TPSA) is 58.6 Å². The molecule has 1 saturated heterocycles. The summed E-state index contributed by atoms with van der Waals surface area (Å²) in [6, 6.07) is 16.0. The molecule has 1 heterocycles. The highest BCUT2D eigenvalue weighted by Gasteiger charge is 2.35. The average Bonchev–Trinajstić information content (AvgIpc) is 3.08. The van der Waals surface area contributed by atoms with Crippen molar-refractivity contribution in [2.24, 2.45) is 5.92 Å². The van der Waals surface area contributed by atoms with E-state index in [0.717, 1.165) is 16.8 Å². The van der Waals surface area contributed by atoms with Gasteiger partial charge in [0.25, 0.3) is 0 Å². The third-order valence-electron chi connectivity index (χ3n) is 5.11. The minimum absolute atomic E-state index is 0.00291. The van der Waals surface area contributed by atoms with Gasteiger partial charge in [-0.3, -0.25) is 9.59 Å². The summed E-state index contributed by atoms with van der Waals surface area (Å²) >= 11 is 0. The Morgan fingerprint density at radius 1 is 1.18 bits per heavy atom. The summed E-state index contributed by atoms with van der Waals surface area (Å²) < 4.78 is 5.15. The molecule has 2 amide bonds. The molecule has 0 bridgehead atoms. The summed E-state index contributed by atoms with van der Waals surface area (Å²) in [4.78, 5) is 26.8. The number of anilines is 1. The Labute approximate surface area is 166 Å². The first-order chi connectivity index (χ1) is 13.5. The summed E-state index contributed by atoms with van der Waals surface area (Å²) in [6.07, 6.45) is 0.251. The average molecular weight is 380 g/mol. The predicted molar refractivity (Wildman–Crippen MR) is 110 cm³/mol. The van der Waals surface area contributed by atoms with Crippen molar-refractivity contribution in [3.63, 3.8) is 0 Å². The fourth-order valence-corrected chi connectivity index (χ4v) is 3.51. The van der Waals surface area contributed by atoms with E-state index in [2.05, 4.69) is 25.2 Å². The molecule has 1 aliphatic rings. The maximum atomic E-state index is 12.6. The quantitative estimate of drug-likeness (QED) is 0.798. The Hall–Kier alpha value is -2.66. The first kappa shape index (κ1) is 20.1. The zero-order chi connectivity index (χ0) is 20.1. The highest BCUT2D eigenvalue weighted by atomic mass is 16.5. The minimum Gasteiger partial charge on any atom is -0.380 e. The van der Waals surface area contributed by atoms with Crippen LogP contribution in [-0.2, 0) is 27.5 Å². The summed E-state index contributed by atoms with van der Waals surface area (Å²) in [7, 11) is 1.66. The van der Waals surface area contributed by atoms with Gasteiger partial charge in [-0.1, -0.05) is 50.2 Å². The predicted octanol–water partition coefficient (Wildman–Crippen LogP) is 3.63. The maximum absolute atomic E-state index is 12.6. The minimum atomic E-state index is -0.322. The smallest absolute Gasteiger partial charge is 0.227 e. The molecule has 0 aliphatic carbocycles. The number of nitrogens with zero attached hydrogens (tertiary/aromatic N) is 1. The van der Waals surface area contributed by atoms with Gasteiger partial charge >= 0.3 is 0 Å². The van der Waals surface area contributed by atoms with Gasteiger partial charge in [-0.2, -0.15) is 0 Å². The Balaban J connectivity index is 1.61. The number of amides is 2. The number of ether oxygens (including phenoxy) is 1. The van der Waals surface area contributed by atoms with E-state index < -0.39 is 0 Å². The van der Waals surface area contributed by atoms with Crippen LogP contribution in [0.3, 0.4) is 0 Å². The van der Waals surface area contributed by atoms with Crippen molar-refractivity contribution in [3.8, 4) is 0 Å². The van der Waals surface area contributed by atoms with Gasteiger partial charge in [0.05, 0.1) is 12.5 Å². The highest BCUT2D eigenvalue weighted by Crippen LogP contribution is 2.28. The number of nitrogens with one attached hydrogen (secondary N) is 1. The van der Waals surface area contributed by atoms with Crippen LogP contribution in [0, 0.1) is 5.92 Å². The molecule has 28 heavy (non-hydrogen) atoms. The lowest BCUT2D eigenvalue weighted by atomic mass is 10.0. The summed E-state index contributed by atoms with van der Waals surface area (Å²) in [5.41, 5.74) is 4.16. The van der Waals surface area contributed by atoms with Gasteiger partial charge in [-0.25, -0.2) is 0 Å². The molecule has 0 radical (unpaired) electrons. The molecule has 1 unspecified atom stereocenters. The third-order valence-corrected chi connectivity index (χ3v) is 5.11. The Morgan fingerprint density at radius 2 is 1.93 bits per heavy atom. The van der Waals surface area contributed by atoms with E-state index in [0.29, 0.717) is 25.6 Å². The van der Waals surface area contributed by atoms with E-state index in [1.165, 1.54) is 5.56 Å². The lowest BCUT2D eigenvalue weighted by molar-refractivity contribution is -0.126. The van der Waals surface area contributed by atoms with E-state index in [-0.39, 0.29) is 24.2 Å². The monoisotopic (exact) mass is 380 g/mol. The van der Waals surface area contributed by atoms with Crippen molar-refractivity contribution in [2.75, 3.05) is 18.6 Å². The second kappa shape index (κ2) is 9.02. The summed E-state index contributed by atoms with van der Waals surface area (Å²) in [5, 5.41) is 2.97. The van der Waals surface area contributed by atoms with E-state index in [9.17, 15) is 9.59 Å². The maximum Gasteiger partial charge on any atom is 0.227 e. The molecule has 2 aromatic carbocycles. The number of hydrogen-bond donors (Lipinski definition) is 1. The van der Waals surface area contributed by atoms with E-state index in [4.69, 9.17) is 4.74 Å². The van der Waals surface area contributed by atoms with Crippen LogP contribution in [0.25, 0.3) is 0 Å². The molecule has 0 aromatic heterocycles. The van der Waals surface area contributed by atoms with Gasteiger partial charge in [0.15, 0.2) is 0 Å². The van der Waals surface area contributed by atoms with Crippen LogP contribution in [0.5, 0.6) is 0 Å². The normalized spacial score (nSPS) is 16.6. The number of benzene rings is 2. The molecule has 5 heteroatoms. The molecular formula is C23H28N2O3. The fraction of sp³-hybridized carbons (Fsp3) is 0.391. The standard InChI is InChI=1S/C23H28N2O3/c1-16(2)19-8-5-9-21(11-19)25-14-20(12-22(25)26)23(27)24-13-17-6-4-7-18(10-17)15-28-3/h4-11,16,20H,12-15H2,1-3H3,(H,24,27). The van der Waals surface area contributed by atoms with Crippen molar-refractivity contribution in [1.82, 2.24) is 5.32 Å². The largest absolute Gasteiger partial charge is 0.380 e. The fourth-order valence-electron chi connectivity index (χ4n) is 3.51. The lowest BCUT2D eigenvalue weighted by Crippen LogP contribution is -2.32. The first-order valence-corrected chi connectivity index (χ1v) is 9.72. The molecule has 0 saturated carbocycles. The SMILES string of the molecule is COCc1cccc(CNC(=O)C2CC(=O)N(c3cccc(C(C)C)c3)C2)c1. The van der Waals surface area contributed by atoms with Gasteiger partial charge in [0, 0.05) is 32.3 Å². The lowest BCUT2D eigenvalue weighted by Gasteiger charge is -2.18. The van der Waals surface area contributed by atoms with Crippen molar-refractivity contribution in [1.29, 1.82) is 0 Å². The molecule has 1 fully saturated rings. The molecular weight excluding hydrogens is 352 g/mol. The number of carbonyl (C=O) groups is 2. The highest BCUT2D eigenvalue weighted by molar-refractivity contribution is 6.00. The van der Waals surface area contributed by atoms with Crippen LogP contribution < -0.4 is 10.2 Å². The van der Waals surface area contributed by atoms with Crippen LogP contribution in [-0.4, -0.2) is 25.5 Å². The zero-order valence-corrected chi connectivity index (χ0v) is 16.8. The van der Waals surface area contributed by atoms with Gasteiger partial charge in [0.1, 0.15) is 0 Å². The van der Waals surface area contributed by atoms with E-state index >= 15 is 0 Å². The second-order valence-corrected chi connectivity index (χ2v) is 7.63. The van der Waals surface area contributed by atoms with Crippen molar-refractivity contribution < 1.29 is 14.3 Å². The molecule has 148 valence electrons. The molecule has 1 atom stereocenters. The van der Waals surface area contributed by atoms with Crippen LogP contribution in [0.1, 0.15) is 42.9 Å². The Bertz CT molecular complexity index is 847. The number of hydrogen-bond acceptors (Lipinski definition) is 3. The van der Waals surface area contributed by atoms with E-state index in [1.54, 1.807) is 12.0 Å². The van der Waals surface area contributed by atoms with Crippen molar-refractivity contribution >= 4 is 17.5 Å². The second-order valence-electron chi connectivity index (χ2n) is 7.63. The van der Waals surface area contributed by atoms with Gasteiger partial charge < -0.3 is 15.0 Å². The summed E-state index contributed by atoms with van der Waals surface area (Å²) in [5.74, 6) is -0.000793. The van der Waals surface area contributed by atoms with Crippen molar-refractivity contribution in [2.45, 2.75) is 39.3 Å². The van der Waals surface area contributed by atoms with Crippen molar-refractivity contribution in [3.05, 3.63) is 65.2 Å². The van der Waals surface area contributed by atoms with Crippen LogP contribution >= 0.6 is 0 Å². The molecule has 3 rings (SSSR count). The number of carbonyl (C=O) groups excluding carboxylic acids is 2. The zero-order valence-electron chi connectivity index (χ0n) is 16.8. The van der Waals surface area contributed by atoms with Crippen LogP contribution in [0.2, 0.25) is 0 Å². The third kappa shape index (κ3) is 4.78. The molecule has 0 spiro atoms. The Morgan fingerprint density at radius 3 is 2.68 bits per heavy atom. The van der Waals surface area contributed by atoms with Gasteiger partial charge in [-0.05, 0) is 34.7 Å². The van der Waals surface area contributed by atoms with Crippen LogP contribution in [0.4, 0.5) is 5.69 Å². The van der Waals surface area contributed by atoms with Crippen LogP contribution in [0.15, 0.2) is 48.5 Å². The molecule has 5 nitrogen and oxygen atoms in total. The molecule has 1 N–H and O–H groups in total. The Kier molecular flexibility index (Phi) is 6.47. The first-order valence-electron chi connectivity index (χ1n) is 9.72. The molecule has 2 aromatic rings. The number of rotatable bonds is 7. The molecule has 1 aliphatic heterocycles. The summed E-state index contributed by atoms with van der Waals surface area (Å²) in [6.45, 7) is 5.68.